The molecule has 7 heteroatoms. The van der Waals surface area contributed by atoms with Crippen molar-refractivity contribution in [2.24, 2.45) is 0 Å². The molecule has 0 amide bonds. The van der Waals surface area contributed by atoms with Crippen LogP contribution in [0.1, 0.15) is 35.3 Å². The van der Waals surface area contributed by atoms with Gasteiger partial charge in [-0.15, -0.1) is 0 Å². The second-order valence-corrected chi connectivity index (χ2v) is 8.53. The molecule has 0 radical (unpaired) electrons. The van der Waals surface area contributed by atoms with Crippen molar-refractivity contribution in [1.82, 2.24) is 9.71 Å². The molecule has 0 aliphatic carbocycles. The van der Waals surface area contributed by atoms with Crippen LogP contribution in [0.3, 0.4) is 0 Å². The fourth-order valence-corrected chi connectivity index (χ4v) is 5.24. The zero-order valence-corrected chi connectivity index (χ0v) is 14.7. The van der Waals surface area contributed by atoms with E-state index < -0.39 is 10.0 Å². The summed E-state index contributed by atoms with van der Waals surface area (Å²) in [5.41, 5.74) is 3.59. The second-order valence-electron chi connectivity index (χ2n) is 5.04. The fourth-order valence-electron chi connectivity index (χ4n) is 2.26. The van der Waals surface area contributed by atoms with E-state index in [1.54, 1.807) is 6.92 Å². The summed E-state index contributed by atoms with van der Waals surface area (Å²) < 4.78 is 27.9. The van der Waals surface area contributed by atoms with Crippen LogP contribution in [0, 0.1) is 20.8 Å². The summed E-state index contributed by atoms with van der Waals surface area (Å²) in [6.07, 6.45) is 0. The van der Waals surface area contributed by atoms with E-state index in [2.05, 4.69) is 9.71 Å². The number of rotatable bonds is 4. The van der Waals surface area contributed by atoms with Crippen LogP contribution >= 0.6 is 22.9 Å². The van der Waals surface area contributed by atoms with E-state index in [4.69, 9.17) is 11.6 Å². The molecule has 0 saturated carbocycles. The second kappa shape index (κ2) is 6.04. The topological polar surface area (TPSA) is 59.1 Å². The largest absolute Gasteiger partial charge is 0.252 e. The Morgan fingerprint density at radius 1 is 1.29 bits per heavy atom. The van der Waals surface area contributed by atoms with Crippen LogP contribution in [0.15, 0.2) is 22.4 Å². The van der Waals surface area contributed by atoms with Gasteiger partial charge in [0, 0.05) is 6.04 Å². The van der Waals surface area contributed by atoms with Gasteiger partial charge in [0.1, 0.15) is 0 Å². The third-order valence-electron chi connectivity index (χ3n) is 3.20. The highest BCUT2D eigenvalue weighted by molar-refractivity contribution is 7.91. The molecule has 1 atom stereocenters. The van der Waals surface area contributed by atoms with Crippen molar-refractivity contribution in [3.63, 3.8) is 0 Å². The first kappa shape index (κ1) is 16.4. The summed E-state index contributed by atoms with van der Waals surface area (Å²) in [7, 11) is -3.62. The molecule has 2 aromatic rings. The lowest BCUT2D eigenvalue weighted by Gasteiger charge is -2.16. The smallest absolute Gasteiger partial charge is 0.229 e. The number of benzene rings is 1. The molecule has 1 unspecified atom stereocenters. The van der Waals surface area contributed by atoms with Gasteiger partial charge in [0.05, 0.1) is 5.69 Å². The SMILES string of the molecule is Cc1ccc(C(C)NS(=O)(=O)c2sc(Cl)nc2C)c(C)c1. The Morgan fingerprint density at radius 3 is 2.48 bits per heavy atom. The zero-order valence-electron chi connectivity index (χ0n) is 12.3. The van der Waals surface area contributed by atoms with Crippen molar-refractivity contribution in [3.05, 3.63) is 45.1 Å². The molecule has 0 saturated heterocycles. The van der Waals surface area contributed by atoms with Gasteiger partial charge in [0.2, 0.25) is 0 Å². The van der Waals surface area contributed by atoms with Gasteiger partial charge in [0.15, 0.2) is 8.68 Å². The molecule has 0 spiro atoms. The lowest BCUT2D eigenvalue weighted by Crippen LogP contribution is -2.27. The molecule has 114 valence electrons. The predicted molar refractivity (Wildman–Crippen MR) is 86.5 cm³/mol. The normalized spacial score (nSPS) is 13.4. The zero-order chi connectivity index (χ0) is 15.8. The molecule has 4 nitrogen and oxygen atoms in total. The predicted octanol–water partition coefficient (Wildman–Crippen LogP) is 3.76. The molecule has 0 aliphatic heterocycles. The number of sulfonamides is 1. The summed E-state index contributed by atoms with van der Waals surface area (Å²) in [5, 5.41) is 0. The molecule has 2 rings (SSSR count). The maximum Gasteiger partial charge on any atom is 0.252 e. The average Bonchev–Trinajstić information content (AvgIpc) is 2.68. The van der Waals surface area contributed by atoms with Gasteiger partial charge < -0.3 is 0 Å². The highest BCUT2D eigenvalue weighted by Gasteiger charge is 2.24. The maximum absolute atomic E-state index is 12.4. The van der Waals surface area contributed by atoms with E-state index >= 15 is 0 Å². The number of aryl methyl sites for hydroxylation is 3. The summed E-state index contributed by atoms with van der Waals surface area (Å²) in [4.78, 5) is 3.95. The molecule has 1 N–H and O–H groups in total. The minimum absolute atomic E-state index is 0.170. The van der Waals surface area contributed by atoms with Crippen LogP contribution in [-0.4, -0.2) is 13.4 Å². The third kappa shape index (κ3) is 3.63. The van der Waals surface area contributed by atoms with E-state index in [1.165, 1.54) is 0 Å². The van der Waals surface area contributed by atoms with E-state index in [9.17, 15) is 8.42 Å². The van der Waals surface area contributed by atoms with E-state index in [0.29, 0.717) is 5.69 Å². The minimum Gasteiger partial charge on any atom is -0.229 e. The van der Waals surface area contributed by atoms with Crippen molar-refractivity contribution >= 4 is 33.0 Å². The van der Waals surface area contributed by atoms with Crippen molar-refractivity contribution in [2.75, 3.05) is 0 Å². The number of halogens is 1. The van der Waals surface area contributed by atoms with Crippen LogP contribution in [-0.2, 0) is 10.0 Å². The van der Waals surface area contributed by atoms with Crippen LogP contribution < -0.4 is 4.72 Å². The monoisotopic (exact) mass is 344 g/mol. The Kier molecular flexibility index (Phi) is 4.72. The summed E-state index contributed by atoms with van der Waals surface area (Å²) in [5.74, 6) is 0. The van der Waals surface area contributed by atoms with Gasteiger partial charge >= 0.3 is 0 Å². The first-order chi connectivity index (χ1) is 9.70. The van der Waals surface area contributed by atoms with Gasteiger partial charge in [0.25, 0.3) is 10.0 Å². The van der Waals surface area contributed by atoms with Gasteiger partial charge in [-0.25, -0.2) is 18.1 Å². The van der Waals surface area contributed by atoms with E-state index in [0.717, 1.165) is 28.0 Å². The summed E-state index contributed by atoms with van der Waals surface area (Å²) >= 11 is 6.75. The highest BCUT2D eigenvalue weighted by Crippen LogP contribution is 2.28. The first-order valence-corrected chi connectivity index (χ1v) is 9.11. The van der Waals surface area contributed by atoms with Gasteiger partial charge in [-0.05, 0) is 38.8 Å². The molecule has 0 fully saturated rings. The highest BCUT2D eigenvalue weighted by atomic mass is 35.5. The standard InChI is InChI=1S/C14H17ClN2O2S2/c1-8-5-6-12(9(2)7-8)10(3)17-21(18,19)13-11(4)16-14(15)20-13/h5-7,10,17H,1-4H3. The summed E-state index contributed by atoms with van der Waals surface area (Å²) in [6, 6.07) is 5.64. The number of hydrogen-bond donors (Lipinski definition) is 1. The Morgan fingerprint density at radius 2 is 1.95 bits per heavy atom. The number of hydrogen-bond acceptors (Lipinski definition) is 4. The van der Waals surface area contributed by atoms with Gasteiger partial charge in [-0.1, -0.05) is 46.7 Å². The Labute approximate surface area is 134 Å². The number of thiazole rings is 1. The Bertz CT molecular complexity index is 769. The van der Waals surface area contributed by atoms with Crippen LogP contribution in [0.5, 0.6) is 0 Å². The third-order valence-corrected chi connectivity index (χ3v) is 6.61. The number of nitrogens with one attached hydrogen (secondary N) is 1. The van der Waals surface area contributed by atoms with Crippen molar-refractivity contribution < 1.29 is 8.42 Å². The van der Waals surface area contributed by atoms with Gasteiger partial charge in [-0.2, -0.15) is 0 Å². The quantitative estimate of drug-likeness (QED) is 0.918. The van der Waals surface area contributed by atoms with Crippen molar-refractivity contribution in [3.8, 4) is 0 Å². The molecule has 1 heterocycles. The van der Waals surface area contributed by atoms with Crippen LogP contribution in [0.25, 0.3) is 0 Å². The molecule has 1 aromatic heterocycles. The number of nitrogens with zero attached hydrogens (tertiary/aromatic N) is 1. The molecule has 0 bridgehead atoms. The van der Waals surface area contributed by atoms with Gasteiger partial charge in [-0.3, -0.25) is 0 Å². The average molecular weight is 345 g/mol. The first-order valence-electron chi connectivity index (χ1n) is 6.43. The van der Waals surface area contributed by atoms with E-state index in [-0.39, 0.29) is 14.7 Å². The van der Waals surface area contributed by atoms with Crippen LogP contribution in [0.4, 0.5) is 0 Å². The molecule has 1 aromatic carbocycles. The molecule has 0 aliphatic rings. The van der Waals surface area contributed by atoms with Crippen molar-refractivity contribution in [2.45, 2.75) is 37.9 Å². The Hall–Kier alpha value is -0.950. The number of aromatic nitrogens is 1. The fraction of sp³-hybridized carbons (Fsp3) is 0.357. The maximum atomic E-state index is 12.4. The summed E-state index contributed by atoms with van der Waals surface area (Å²) in [6.45, 7) is 7.45. The van der Waals surface area contributed by atoms with E-state index in [1.807, 2.05) is 39.0 Å². The molecule has 21 heavy (non-hydrogen) atoms. The Balaban J connectivity index is 2.30. The minimum atomic E-state index is -3.62. The van der Waals surface area contributed by atoms with Crippen LogP contribution in [0.2, 0.25) is 4.47 Å². The molecular weight excluding hydrogens is 328 g/mol. The molecular formula is C14H17ClN2O2S2. The van der Waals surface area contributed by atoms with Crippen molar-refractivity contribution in [1.29, 1.82) is 0 Å². The lowest BCUT2D eigenvalue weighted by molar-refractivity contribution is 0.568. The lowest BCUT2D eigenvalue weighted by atomic mass is 10.0.